The molecular weight excluding hydrogens is 488 g/mol. The summed E-state index contributed by atoms with van der Waals surface area (Å²) in [6.45, 7) is 1.94. The molecule has 0 saturated carbocycles. The van der Waals surface area contributed by atoms with Gasteiger partial charge >= 0.3 is 0 Å². The number of benzene rings is 1. The summed E-state index contributed by atoms with van der Waals surface area (Å²) in [5.41, 5.74) is 4.20. The van der Waals surface area contributed by atoms with Crippen LogP contribution in [0.2, 0.25) is 0 Å². The molecule has 8 nitrogen and oxygen atoms in total. The number of nitriles is 1. The third-order valence-corrected chi connectivity index (χ3v) is 7.50. The third-order valence-electron chi connectivity index (χ3n) is 7.50. The molecule has 2 bridgehead atoms. The number of ether oxygens (including phenoxy) is 1. The zero-order chi connectivity index (χ0) is 26.2. The van der Waals surface area contributed by atoms with E-state index in [2.05, 4.69) is 26.3 Å². The Hall–Kier alpha value is -4.23. The van der Waals surface area contributed by atoms with E-state index in [4.69, 9.17) is 9.72 Å². The molecule has 1 aromatic carbocycles. The molecule has 0 aliphatic carbocycles. The van der Waals surface area contributed by atoms with Gasteiger partial charge in [0.05, 0.1) is 36.3 Å². The number of methoxy groups -OCH3 is 1. The normalized spacial score (nSPS) is 18.7. The van der Waals surface area contributed by atoms with E-state index in [1.54, 1.807) is 22.8 Å². The number of hydrogen-bond acceptors (Lipinski definition) is 7. The van der Waals surface area contributed by atoms with Crippen LogP contribution in [0.4, 0.5) is 20.3 Å². The number of pyridine rings is 2. The number of anilines is 2. The maximum atomic E-state index is 14.5. The first-order valence-electron chi connectivity index (χ1n) is 12.6. The summed E-state index contributed by atoms with van der Waals surface area (Å²) < 4.78 is 34.0. The molecule has 2 atom stereocenters. The fourth-order valence-electron chi connectivity index (χ4n) is 5.56. The van der Waals surface area contributed by atoms with E-state index >= 15 is 0 Å². The summed E-state index contributed by atoms with van der Waals surface area (Å²) in [5, 5.41) is 16.9. The highest BCUT2D eigenvalue weighted by Crippen LogP contribution is 2.37. The first kappa shape index (κ1) is 24.1. The Bertz CT molecular complexity index is 1500. The van der Waals surface area contributed by atoms with Crippen molar-refractivity contribution >= 4 is 17.0 Å². The standard InChI is InChI=1S/C28H27F2N7O/c1-38-24-4-2-19(26(30)10-24)14-36-22-9-23(36)17-35(16-22)27-5-3-18(12-33-27)25-8-21(32-7-6-29)15-37-28(25)20(11-31)13-34-37/h2-5,8,10,12-13,15,22-23,32H,6-7,9,14,16-17H2,1H3. The SMILES string of the molecule is COc1ccc(CN2C3CC2CN(c2ccc(-c4cc(NCCF)cn5ncc(C#N)c45)cn2)C3)c(F)c1. The number of halogens is 2. The van der Waals surface area contributed by atoms with Gasteiger partial charge in [0, 0.05) is 67.2 Å². The van der Waals surface area contributed by atoms with Crippen molar-refractivity contribution in [1.82, 2.24) is 19.5 Å². The Morgan fingerprint density at radius 3 is 2.68 bits per heavy atom. The molecule has 3 saturated heterocycles. The highest BCUT2D eigenvalue weighted by Gasteiger charge is 2.44. The molecular formula is C28H27F2N7O. The van der Waals surface area contributed by atoms with E-state index in [-0.39, 0.29) is 12.4 Å². The van der Waals surface area contributed by atoms with E-state index < -0.39 is 6.67 Å². The van der Waals surface area contributed by atoms with Gasteiger partial charge in [-0.1, -0.05) is 6.07 Å². The lowest BCUT2D eigenvalue weighted by atomic mass is 9.86. The predicted octanol–water partition coefficient (Wildman–Crippen LogP) is 4.26. The molecule has 3 aliphatic rings. The quantitative estimate of drug-likeness (QED) is 0.376. The number of nitrogens with one attached hydrogen (secondary N) is 1. The van der Waals surface area contributed by atoms with E-state index in [1.807, 2.05) is 24.4 Å². The number of rotatable bonds is 8. The molecule has 10 heteroatoms. The summed E-state index contributed by atoms with van der Waals surface area (Å²) in [6, 6.07) is 13.8. The zero-order valence-corrected chi connectivity index (χ0v) is 20.9. The maximum Gasteiger partial charge on any atom is 0.131 e. The summed E-state index contributed by atoms with van der Waals surface area (Å²) in [4.78, 5) is 9.40. The second kappa shape index (κ2) is 9.91. The lowest BCUT2D eigenvalue weighted by Gasteiger charge is -2.56. The summed E-state index contributed by atoms with van der Waals surface area (Å²) in [5.74, 6) is 1.17. The van der Waals surface area contributed by atoms with E-state index in [9.17, 15) is 14.0 Å². The van der Waals surface area contributed by atoms with Crippen molar-refractivity contribution in [3.05, 3.63) is 71.9 Å². The molecule has 194 valence electrons. The molecule has 7 rings (SSSR count). The average Bonchev–Trinajstić information content (AvgIpc) is 3.38. The fourth-order valence-corrected chi connectivity index (χ4v) is 5.56. The van der Waals surface area contributed by atoms with Gasteiger partial charge < -0.3 is 15.0 Å². The van der Waals surface area contributed by atoms with Gasteiger partial charge in [-0.3, -0.25) is 4.90 Å². The molecule has 3 fully saturated rings. The minimum absolute atomic E-state index is 0.188. The van der Waals surface area contributed by atoms with Crippen molar-refractivity contribution in [3.8, 4) is 22.9 Å². The molecule has 6 heterocycles. The van der Waals surface area contributed by atoms with Crippen LogP contribution in [0.3, 0.4) is 0 Å². The molecule has 0 radical (unpaired) electrons. The van der Waals surface area contributed by atoms with Gasteiger partial charge in [0.25, 0.3) is 0 Å². The van der Waals surface area contributed by atoms with Gasteiger partial charge in [-0.15, -0.1) is 0 Å². The van der Waals surface area contributed by atoms with Gasteiger partial charge in [-0.05, 0) is 30.7 Å². The Kier molecular flexibility index (Phi) is 6.29. The lowest BCUT2D eigenvalue weighted by molar-refractivity contribution is -0.00946. The summed E-state index contributed by atoms with van der Waals surface area (Å²) >= 11 is 0. The first-order valence-corrected chi connectivity index (χ1v) is 12.6. The molecule has 38 heavy (non-hydrogen) atoms. The second-order valence-electron chi connectivity index (χ2n) is 9.70. The van der Waals surface area contributed by atoms with Gasteiger partial charge in [-0.2, -0.15) is 10.4 Å². The number of piperidine rings is 1. The molecule has 4 aromatic rings. The van der Waals surface area contributed by atoms with Crippen molar-refractivity contribution < 1.29 is 13.5 Å². The number of hydrogen-bond donors (Lipinski definition) is 1. The van der Waals surface area contributed by atoms with Crippen LogP contribution in [-0.2, 0) is 6.54 Å². The number of fused-ring (bicyclic) bond motifs is 3. The van der Waals surface area contributed by atoms with Crippen LogP contribution in [0.1, 0.15) is 17.5 Å². The second-order valence-corrected chi connectivity index (χ2v) is 9.70. The Morgan fingerprint density at radius 2 is 2.00 bits per heavy atom. The monoisotopic (exact) mass is 515 g/mol. The molecule has 0 amide bonds. The number of piperazine rings is 1. The van der Waals surface area contributed by atoms with Gasteiger partial charge in [0.15, 0.2) is 0 Å². The molecule has 3 aliphatic heterocycles. The van der Waals surface area contributed by atoms with Gasteiger partial charge in [-0.25, -0.2) is 18.3 Å². The minimum atomic E-state index is -0.490. The molecule has 3 aromatic heterocycles. The van der Waals surface area contributed by atoms with Gasteiger partial charge in [0.1, 0.15) is 30.1 Å². The van der Waals surface area contributed by atoms with Crippen molar-refractivity contribution in [2.75, 3.05) is 43.6 Å². The topological polar surface area (TPSA) is 81.7 Å². The fraction of sp³-hybridized carbons (Fsp3) is 0.321. The van der Waals surface area contributed by atoms with Crippen LogP contribution < -0.4 is 15.0 Å². The van der Waals surface area contributed by atoms with E-state index in [0.717, 1.165) is 36.5 Å². The predicted molar refractivity (Wildman–Crippen MR) is 141 cm³/mol. The average molecular weight is 516 g/mol. The number of aromatic nitrogens is 3. The Balaban J connectivity index is 1.19. The van der Waals surface area contributed by atoms with Crippen molar-refractivity contribution in [2.24, 2.45) is 0 Å². The van der Waals surface area contributed by atoms with Crippen molar-refractivity contribution in [3.63, 3.8) is 0 Å². The van der Waals surface area contributed by atoms with Crippen LogP contribution in [0.25, 0.3) is 16.6 Å². The summed E-state index contributed by atoms with van der Waals surface area (Å²) in [6.07, 6.45) is 6.19. The largest absolute Gasteiger partial charge is 0.497 e. The van der Waals surface area contributed by atoms with Crippen LogP contribution >= 0.6 is 0 Å². The van der Waals surface area contributed by atoms with Crippen molar-refractivity contribution in [2.45, 2.75) is 25.0 Å². The number of alkyl halides is 1. The smallest absolute Gasteiger partial charge is 0.131 e. The molecule has 0 spiro atoms. The Labute approximate surface area is 219 Å². The van der Waals surface area contributed by atoms with E-state index in [1.165, 1.54) is 19.4 Å². The maximum absolute atomic E-state index is 14.5. The summed E-state index contributed by atoms with van der Waals surface area (Å²) in [7, 11) is 1.54. The highest BCUT2D eigenvalue weighted by molar-refractivity contribution is 5.86. The van der Waals surface area contributed by atoms with E-state index in [0.29, 0.717) is 46.7 Å². The highest BCUT2D eigenvalue weighted by atomic mass is 19.1. The molecule has 1 N–H and O–H groups in total. The lowest BCUT2D eigenvalue weighted by Crippen LogP contribution is -2.68. The Morgan fingerprint density at radius 1 is 1.16 bits per heavy atom. The zero-order valence-electron chi connectivity index (χ0n) is 20.9. The van der Waals surface area contributed by atoms with Crippen LogP contribution in [0.5, 0.6) is 5.75 Å². The van der Waals surface area contributed by atoms with Crippen LogP contribution in [0, 0.1) is 17.1 Å². The van der Waals surface area contributed by atoms with Crippen LogP contribution in [0.15, 0.2) is 55.0 Å². The molecule has 2 unspecified atom stereocenters. The van der Waals surface area contributed by atoms with Crippen LogP contribution in [-0.4, -0.2) is 65.0 Å². The van der Waals surface area contributed by atoms with Crippen molar-refractivity contribution in [1.29, 1.82) is 5.26 Å². The third kappa shape index (κ3) is 4.29. The first-order chi connectivity index (χ1) is 18.6. The van der Waals surface area contributed by atoms with Gasteiger partial charge in [0.2, 0.25) is 0 Å². The minimum Gasteiger partial charge on any atom is -0.497 e. The number of nitrogens with zero attached hydrogens (tertiary/aromatic N) is 6.